The first-order chi connectivity index (χ1) is 15.5. The summed E-state index contributed by atoms with van der Waals surface area (Å²) in [6.07, 6.45) is 14.7. The molecule has 1 heterocycles. The number of primary amides is 2. The minimum Gasteiger partial charge on any atom is -0.370 e. The Balaban J connectivity index is 0.000000333. The molecule has 0 unspecified atom stereocenters. The molecule has 1 aromatic carbocycles. The van der Waals surface area contributed by atoms with Gasteiger partial charge in [0, 0.05) is 30.6 Å². The fourth-order valence-electron chi connectivity index (χ4n) is 3.74. The van der Waals surface area contributed by atoms with Crippen LogP contribution in [0.3, 0.4) is 0 Å². The first kappa shape index (κ1) is 27.6. The molecule has 1 aliphatic rings. The summed E-state index contributed by atoms with van der Waals surface area (Å²) in [5, 5.41) is 0. The van der Waals surface area contributed by atoms with Crippen LogP contribution in [-0.4, -0.2) is 42.3 Å². The fourth-order valence-corrected chi connectivity index (χ4v) is 3.74. The number of likely N-dealkylation sites (tertiary alicyclic amines) is 1. The molecular weight excluding hydrogens is 404 g/mol. The molecule has 32 heavy (non-hydrogen) atoms. The van der Waals surface area contributed by atoms with Gasteiger partial charge in [0.25, 0.3) is 5.91 Å². The van der Waals surface area contributed by atoms with Crippen LogP contribution in [0.5, 0.6) is 0 Å². The number of amides is 3. The van der Waals surface area contributed by atoms with Crippen molar-refractivity contribution in [3.8, 4) is 0 Å². The molecule has 2 rings (SSSR count). The Kier molecular flexibility index (Phi) is 14.8. The van der Waals surface area contributed by atoms with Gasteiger partial charge in [-0.05, 0) is 56.5 Å². The topological polar surface area (TPSA) is 133 Å². The van der Waals surface area contributed by atoms with E-state index < -0.39 is 5.91 Å². The maximum atomic E-state index is 12.2. The van der Waals surface area contributed by atoms with Gasteiger partial charge in [0.2, 0.25) is 11.8 Å². The Bertz CT molecular complexity index is 668. The molecular formula is C25H42N4O3. The maximum absolute atomic E-state index is 12.2. The highest BCUT2D eigenvalue weighted by molar-refractivity contribution is 5.97. The van der Waals surface area contributed by atoms with E-state index in [1.165, 1.54) is 44.9 Å². The Labute approximate surface area is 193 Å². The second-order valence-electron chi connectivity index (χ2n) is 8.48. The van der Waals surface area contributed by atoms with E-state index in [2.05, 4.69) is 0 Å². The van der Waals surface area contributed by atoms with E-state index in [0.29, 0.717) is 17.5 Å². The summed E-state index contributed by atoms with van der Waals surface area (Å²) >= 11 is 0. The molecule has 0 aliphatic carbocycles. The molecule has 0 radical (unpaired) electrons. The summed E-state index contributed by atoms with van der Waals surface area (Å²) in [6.45, 7) is 2.48. The van der Waals surface area contributed by atoms with Gasteiger partial charge < -0.3 is 22.1 Å². The van der Waals surface area contributed by atoms with Crippen molar-refractivity contribution in [1.82, 2.24) is 4.90 Å². The second-order valence-corrected chi connectivity index (χ2v) is 8.48. The Morgan fingerprint density at radius 3 is 1.62 bits per heavy atom. The third-order valence-electron chi connectivity index (χ3n) is 5.69. The summed E-state index contributed by atoms with van der Waals surface area (Å²) in [5.41, 5.74) is 16.7. The van der Waals surface area contributed by atoms with E-state index in [4.69, 9.17) is 17.2 Å². The maximum Gasteiger partial charge on any atom is 0.253 e. The molecule has 1 saturated heterocycles. The van der Waals surface area contributed by atoms with Gasteiger partial charge in [0.15, 0.2) is 0 Å². The molecule has 0 spiro atoms. The average Bonchev–Trinajstić information content (AvgIpc) is 3.07. The van der Waals surface area contributed by atoms with Crippen molar-refractivity contribution in [2.45, 2.75) is 83.5 Å². The van der Waals surface area contributed by atoms with Crippen molar-refractivity contribution >= 4 is 17.7 Å². The zero-order valence-corrected chi connectivity index (χ0v) is 19.5. The first-order valence-corrected chi connectivity index (χ1v) is 12.1. The van der Waals surface area contributed by atoms with Crippen LogP contribution in [0.1, 0.15) is 104 Å². The number of carbonyl (C=O) groups excluding carboxylic acids is 3. The van der Waals surface area contributed by atoms with E-state index in [0.717, 1.165) is 51.7 Å². The van der Waals surface area contributed by atoms with E-state index in [1.807, 2.05) is 4.90 Å². The number of carbonyl (C=O) groups is 3. The lowest BCUT2D eigenvalue weighted by Gasteiger charge is -2.20. The lowest BCUT2D eigenvalue weighted by molar-refractivity contribution is -0.118. The minimum atomic E-state index is -0.469. The third kappa shape index (κ3) is 12.4. The normalized spacial score (nSPS) is 13.6. The minimum absolute atomic E-state index is 0.0490. The molecule has 3 amide bonds. The highest BCUT2D eigenvalue weighted by Gasteiger charge is 2.17. The van der Waals surface area contributed by atoms with Crippen LogP contribution in [-0.2, 0) is 4.79 Å². The lowest BCUT2D eigenvalue weighted by atomic mass is 10.1. The van der Waals surface area contributed by atoms with Gasteiger partial charge in [0.1, 0.15) is 0 Å². The molecule has 180 valence electrons. The molecule has 0 atom stereocenters. The predicted octanol–water partition coefficient (Wildman–Crippen LogP) is 3.74. The number of benzene rings is 1. The first-order valence-electron chi connectivity index (χ1n) is 12.1. The van der Waals surface area contributed by atoms with Crippen LogP contribution in [0.2, 0.25) is 0 Å². The second kappa shape index (κ2) is 17.2. The summed E-state index contributed by atoms with van der Waals surface area (Å²) in [7, 11) is 0. The van der Waals surface area contributed by atoms with Gasteiger partial charge in [-0.25, -0.2) is 0 Å². The van der Waals surface area contributed by atoms with Crippen LogP contribution < -0.4 is 17.2 Å². The quantitative estimate of drug-likeness (QED) is 0.422. The summed E-state index contributed by atoms with van der Waals surface area (Å²) < 4.78 is 0. The Morgan fingerprint density at radius 1 is 0.688 bits per heavy atom. The van der Waals surface area contributed by atoms with Crippen LogP contribution in [0, 0.1) is 0 Å². The number of hydrogen-bond acceptors (Lipinski definition) is 4. The molecule has 7 nitrogen and oxygen atoms in total. The summed E-state index contributed by atoms with van der Waals surface area (Å²) in [6, 6.07) is 6.56. The highest BCUT2D eigenvalue weighted by Crippen LogP contribution is 2.14. The zero-order chi connectivity index (χ0) is 23.6. The molecule has 0 aromatic heterocycles. The number of hydrogen-bond donors (Lipinski definition) is 3. The van der Waals surface area contributed by atoms with Gasteiger partial charge in [0.05, 0.1) is 0 Å². The largest absolute Gasteiger partial charge is 0.370 e. The van der Waals surface area contributed by atoms with Gasteiger partial charge in [-0.2, -0.15) is 0 Å². The standard InChI is InChI=1S/C14H18N2O2.C11H24N2O/c15-13(17)11-5-7-12(8-6-11)14(18)16-9-3-1-2-4-10-16;12-10-8-6-4-2-1-3-5-7-9-11(13)14/h5-8H,1-4,9-10H2,(H2,15,17);1-10,12H2,(H2,13,14). The van der Waals surface area contributed by atoms with Crippen molar-refractivity contribution < 1.29 is 14.4 Å². The zero-order valence-electron chi connectivity index (χ0n) is 19.5. The number of rotatable bonds is 12. The SMILES string of the molecule is NC(=O)c1ccc(C(=O)N2CCCCCC2)cc1.NCCCCCCCCCCC(N)=O. The highest BCUT2D eigenvalue weighted by atomic mass is 16.2. The average molecular weight is 447 g/mol. The van der Waals surface area contributed by atoms with Crippen molar-refractivity contribution in [3.63, 3.8) is 0 Å². The van der Waals surface area contributed by atoms with Crippen molar-refractivity contribution in [1.29, 1.82) is 0 Å². The van der Waals surface area contributed by atoms with Crippen molar-refractivity contribution in [2.24, 2.45) is 17.2 Å². The van der Waals surface area contributed by atoms with Gasteiger partial charge in [-0.3, -0.25) is 14.4 Å². The van der Waals surface area contributed by atoms with E-state index in [9.17, 15) is 14.4 Å². The van der Waals surface area contributed by atoms with Crippen LogP contribution in [0.4, 0.5) is 0 Å². The number of unbranched alkanes of at least 4 members (excludes halogenated alkanes) is 7. The summed E-state index contributed by atoms with van der Waals surface area (Å²) in [4.78, 5) is 35.5. The molecule has 1 aliphatic heterocycles. The summed E-state index contributed by atoms with van der Waals surface area (Å²) in [5.74, 6) is -0.593. The van der Waals surface area contributed by atoms with Crippen molar-refractivity contribution in [2.75, 3.05) is 19.6 Å². The molecule has 1 aromatic rings. The monoisotopic (exact) mass is 446 g/mol. The third-order valence-corrected chi connectivity index (χ3v) is 5.69. The van der Waals surface area contributed by atoms with Crippen LogP contribution >= 0.6 is 0 Å². The van der Waals surface area contributed by atoms with Gasteiger partial charge in [-0.15, -0.1) is 0 Å². The van der Waals surface area contributed by atoms with E-state index >= 15 is 0 Å². The number of nitrogens with zero attached hydrogens (tertiary/aromatic N) is 1. The van der Waals surface area contributed by atoms with Crippen LogP contribution in [0.25, 0.3) is 0 Å². The smallest absolute Gasteiger partial charge is 0.253 e. The van der Waals surface area contributed by atoms with E-state index in [-0.39, 0.29) is 11.8 Å². The fraction of sp³-hybridized carbons (Fsp3) is 0.640. The number of nitrogens with two attached hydrogens (primary N) is 3. The van der Waals surface area contributed by atoms with Crippen LogP contribution in [0.15, 0.2) is 24.3 Å². The van der Waals surface area contributed by atoms with Gasteiger partial charge in [-0.1, -0.05) is 51.4 Å². The molecule has 1 fully saturated rings. The Morgan fingerprint density at radius 2 is 1.16 bits per heavy atom. The molecule has 7 heteroatoms. The van der Waals surface area contributed by atoms with Crippen molar-refractivity contribution in [3.05, 3.63) is 35.4 Å². The molecule has 6 N–H and O–H groups in total. The van der Waals surface area contributed by atoms with Gasteiger partial charge >= 0.3 is 0 Å². The molecule has 0 saturated carbocycles. The Hall–Kier alpha value is -2.41. The predicted molar refractivity (Wildman–Crippen MR) is 129 cm³/mol. The van der Waals surface area contributed by atoms with E-state index in [1.54, 1.807) is 24.3 Å². The lowest BCUT2D eigenvalue weighted by Crippen LogP contribution is -2.31. The molecule has 0 bridgehead atoms.